The van der Waals surface area contributed by atoms with Gasteiger partial charge in [0.2, 0.25) is 0 Å². The Morgan fingerprint density at radius 2 is 1.82 bits per heavy atom. The first-order valence-electron chi connectivity index (χ1n) is 12.4. The lowest BCUT2D eigenvalue weighted by Gasteiger charge is -2.48. The number of methoxy groups -OCH3 is 3. The molecule has 2 fully saturated rings. The third-order valence-electron chi connectivity index (χ3n) is 8.72. The van der Waals surface area contributed by atoms with E-state index < -0.39 is 11.2 Å². The van der Waals surface area contributed by atoms with Crippen LogP contribution in [-0.4, -0.2) is 27.1 Å². The molecule has 2 N–H and O–H groups in total. The minimum Gasteiger partial charge on any atom is -0.496 e. The predicted molar refractivity (Wildman–Crippen MR) is 143 cm³/mol. The average molecular weight is 532 g/mol. The predicted octanol–water partition coefficient (Wildman–Crippen LogP) is 5.45. The van der Waals surface area contributed by atoms with Gasteiger partial charge in [-0.25, -0.2) is 0 Å². The number of ether oxygens (including phenoxy) is 5. The number of benzene rings is 3. The number of ketones is 1. The number of hydrogen-bond acceptors (Lipinski definition) is 7. The topological polar surface area (TPSA) is 89.2 Å². The van der Waals surface area contributed by atoms with Crippen LogP contribution in [0.3, 0.4) is 0 Å². The summed E-state index contributed by atoms with van der Waals surface area (Å²) in [7, 11) is 4.72. The lowest BCUT2D eigenvalue weighted by atomic mass is 9.51. The lowest BCUT2D eigenvalue weighted by molar-refractivity contribution is -0.160. The minimum atomic E-state index is -1.43. The van der Waals surface area contributed by atoms with Crippen molar-refractivity contribution in [3.8, 4) is 23.0 Å². The zero-order chi connectivity index (χ0) is 26.7. The van der Waals surface area contributed by atoms with Gasteiger partial charge in [-0.3, -0.25) is 4.79 Å². The lowest BCUT2D eigenvalue weighted by Crippen LogP contribution is -2.58. The van der Waals surface area contributed by atoms with Crippen LogP contribution >= 0.6 is 11.6 Å². The number of halogens is 1. The smallest absolute Gasteiger partial charge is 0.293 e. The molecule has 38 heavy (non-hydrogen) atoms. The zero-order valence-corrected chi connectivity index (χ0v) is 22.2. The molecule has 1 saturated heterocycles. The molecular formula is C30H26ClNO6. The Morgan fingerprint density at radius 3 is 2.53 bits per heavy atom. The summed E-state index contributed by atoms with van der Waals surface area (Å²) in [6.07, 6.45) is 0.317. The van der Waals surface area contributed by atoms with Gasteiger partial charge in [-0.15, -0.1) is 0 Å². The number of nitrogens with two attached hydrogens (primary N) is 1. The van der Waals surface area contributed by atoms with E-state index in [-0.39, 0.29) is 17.6 Å². The normalized spacial score (nSPS) is 28.2. The second-order valence-electron chi connectivity index (χ2n) is 10.3. The molecule has 0 bridgehead atoms. The molecule has 1 saturated carbocycles. The summed E-state index contributed by atoms with van der Waals surface area (Å²) < 4.78 is 30.9. The monoisotopic (exact) mass is 531 g/mol. The van der Waals surface area contributed by atoms with E-state index in [9.17, 15) is 4.79 Å². The Balaban J connectivity index is 1.71. The summed E-state index contributed by atoms with van der Waals surface area (Å²) in [6, 6.07) is 11.3. The van der Waals surface area contributed by atoms with E-state index in [0.717, 1.165) is 10.9 Å². The van der Waals surface area contributed by atoms with Crippen LogP contribution in [0.2, 0.25) is 5.02 Å². The first kappa shape index (κ1) is 23.3. The molecule has 3 aromatic carbocycles. The van der Waals surface area contributed by atoms with Gasteiger partial charge in [-0.05, 0) is 18.1 Å². The Bertz CT molecular complexity index is 1660. The molecule has 8 heteroatoms. The third kappa shape index (κ3) is 2.31. The van der Waals surface area contributed by atoms with Crippen molar-refractivity contribution in [1.82, 2.24) is 0 Å². The summed E-state index contributed by atoms with van der Waals surface area (Å²) in [5.74, 6) is 0.818. The first-order chi connectivity index (χ1) is 18.3. The molecule has 2 heterocycles. The molecule has 194 valence electrons. The maximum absolute atomic E-state index is 14.0. The van der Waals surface area contributed by atoms with Crippen LogP contribution in [0, 0.1) is 11.8 Å². The van der Waals surface area contributed by atoms with Gasteiger partial charge in [0.25, 0.3) is 5.79 Å². The van der Waals surface area contributed by atoms with Crippen molar-refractivity contribution in [3.05, 3.63) is 76.0 Å². The van der Waals surface area contributed by atoms with E-state index in [4.69, 9.17) is 41.0 Å². The molecule has 4 atom stereocenters. The molecule has 0 radical (unpaired) electrons. The van der Waals surface area contributed by atoms with Gasteiger partial charge in [-0.1, -0.05) is 43.3 Å². The summed E-state index contributed by atoms with van der Waals surface area (Å²) in [4.78, 5) is 14.0. The van der Waals surface area contributed by atoms with Crippen LogP contribution in [0.5, 0.6) is 23.0 Å². The van der Waals surface area contributed by atoms with E-state index >= 15 is 0 Å². The summed E-state index contributed by atoms with van der Waals surface area (Å²) in [5.41, 5.74) is 8.77. The van der Waals surface area contributed by atoms with Crippen LogP contribution in [0.1, 0.15) is 30.0 Å². The highest BCUT2D eigenvalue weighted by Gasteiger charge is 2.79. The Kier molecular flexibility index (Phi) is 4.52. The third-order valence-corrected chi connectivity index (χ3v) is 9.00. The summed E-state index contributed by atoms with van der Waals surface area (Å²) in [5, 5.41) is 1.77. The van der Waals surface area contributed by atoms with Gasteiger partial charge in [0.1, 0.15) is 28.4 Å². The summed E-state index contributed by atoms with van der Waals surface area (Å²) >= 11 is 6.66. The number of Topliss-reactive ketones (excluding diaryl/α,β-unsaturated/α-hetero) is 1. The molecule has 0 unspecified atom stereocenters. The second-order valence-corrected chi connectivity index (χ2v) is 10.7. The van der Waals surface area contributed by atoms with Crippen LogP contribution < -0.4 is 24.7 Å². The Morgan fingerprint density at radius 1 is 1.05 bits per heavy atom. The molecule has 0 amide bonds. The Hall–Kier alpha value is -3.84. The van der Waals surface area contributed by atoms with Gasteiger partial charge in [0.05, 0.1) is 54.3 Å². The highest BCUT2D eigenvalue weighted by Crippen LogP contribution is 2.75. The fraction of sp³-hybridized carbons (Fsp3) is 0.300. The number of fused-ring (bicyclic) bond motifs is 4. The standard InChI is InChI=1S/C30H26ClNO6/c1-13-11-19(33)25-26(32)23-16(7-6-8-20(23)34-3)30-29(25,24(13)14(2)37-30)17-10-9-15-21(35-4)12-18(31)28(36-5)22(15)27(17)38-30/h6-10,12-13,24H,2,11,32H2,1,3-5H3/t13-,24-,29+,30+/m1/s1. The highest BCUT2D eigenvalue weighted by atomic mass is 35.5. The SMILES string of the molecule is C=C1O[C@@]23Oc4c(ccc5c(OC)cc(Cl)c(OC)c45)[C@]24C(=C(N)c2c(OC)cccc23)C(=O)C[C@@H](C)[C@H]14. The molecule has 7 rings (SSSR count). The molecule has 1 spiro atoms. The van der Waals surface area contributed by atoms with Crippen molar-refractivity contribution in [3.63, 3.8) is 0 Å². The van der Waals surface area contributed by atoms with E-state index in [2.05, 4.69) is 13.5 Å². The molecule has 4 aliphatic rings. The van der Waals surface area contributed by atoms with Crippen molar-refractivity contribution in [2.24, 2.45) is 17.6 Å². The highest BCUT2D eigenvalue weighted by molar-refractivity contribution is 6.34. The zero-order valence-electron chi connectivity index (χ0n) is 21.4. The maximum Gasteiger partial charge on any atom is 0.293 e. The van der Waals surface area contributed by atoms with Crippen molar-refractivity contribution < 1.29 is 28.5 Å². The minimum absolute atomic E-state index is 0.0438. The number of hydrogen-bond donors (Lipinski definition) is 1. The van der Waals surface area contributed by atoms with Crippen LogP contribution in [0.15, 0.2) is 54.3 Å². The molecule has 2 aliphatic heterocycles. The first-order valence-corrected chi connectivity index (χ1v) is 12.8. The number of carbonyl (C=O) groups is 1. The van der Waals surface area contributed by atoms with Crippen molar-refractivity contribution >= 4 is 33.9 Å². The van der Waals surface area contributed by atoms with Crippen LogP contribution in [-0.2, 0) is 20.7 Å². The van der Waals surface area contributed by atoms with Gasteiger partial charge in [0.15, 0.2) is 5.78 Å². The van der Waals surface area contributed by atoms with Crippen molar-refractivity contribution in [2.75, 3.05) is 21.3 Å². The molecule has 3 aromatic rings. The van der Waals surface area contributed by atoms with Gasteiger partial charge in [0, 0.05) is 34.9 Å². The number of allylic oxidation sites excluding steroid dienone is 1. The van der Waals surface area contributed by atoms with Gasteiger partial charge >= 0.3 is 0 Å². The van der Waals surface area contributed by atoms with E-state index in [1.54, 1.807) is 27.4 Å². The quantitative estimate of drug-likeness (QED) is 0.480. The summed E-state index contributed by atoms with van der Waals surface area (Å²) in [6.45, 7) is 6.37. The molecular weight excluding hydrogens is 506 g/mol. The van der Waals surface area contributed by atoms with Crippen molar-refractivity contribution in [2.45, 2.75) is 24.5 Å². The number of rotatable bonds is 3. The Labute approximate surface area is 224 Å². The fourth-order valence-corrected chi connectivity index (χ4v) is 7.81. The fourth-order valence-electron chi connectivity index (χ4n) is 7.54. The van der Waals surface area contributed by atoms with E-state index in [1.165, 1.54) is 0 Å². The van der Waals surface area contributed by atoms with Crippen molar-refractivity contribution in [1.29, 1.82) is 0 Å². The van der Waals surface area contributed by atoms with Crippen LogP contribution in [0.25, 0.3) is 16.5 Å². The molecule has 2 aliphatic carbocycles. The van der Waals surface area contributed by atoms with Gasteiger partial charge in [-0.2, -0.15) is 0 Å². The van der Waals surface area contributed by atoms with Crippen LogP contribution in [0.4, 0.5) is 0 Å². The molecule has 0 aromatic heterocycles. The van der Waals surface area contributed by atoms with E-state index in [0.29, 0.717) is 68.0 Å². The van der Waals surface area contributed by atoms with Gasteiger partial charge < -0.3 is 29.4 Å². The maximum atomic E-state index is 14.0. The largest absolute Gasteiger partial charge is 0.496 e. The van der Waals surface area contributed by atoms with E-state index in [1.807, 2.05) is 30.3 Å². The second kappa shape index (κ2) is 7.38. The average Bonchev–Trinajstić information content (AvgIpc) is 3.33. The molecule has 7 nitrogen and oxygen atoms in total. The number of carbonyl (C=O) groups excluding carboxylic acids is 1.